The predicted octanol–water partition coefficient (Wildman–Crippen LogP) is 7.55. The number of carbonyl (C=O) groups is 2. The second-order valence-electron chi connectivity index (χ2n) is 12.6. The summed E-state index contributed by atoms with van der Waals surface area (Å²) in [4.78, 5) is 31.6. The Bertz CT molecular complexity index is 1380. The molecular formula is C37H47N3O4. The first-order valence-electron chi connectivity index (χ1n) is 16.3. The van der Waals surface area contributed by atoms with Crippen LogP contribution in [0, 0.1) is 5.92 Å². The lowest BCUT2D eigenvalue weighted by Gasteiger charge is -2.39. The van der Waals surface area contributed by atoms with Gasteiger partial charge in [-0.1, -0.05) is 57.9 Å². The van der Waals surface area contributed by atoms with Gasteiger partial charge in [-0.25, -0.2) is 0 Å². The van der Waals surface area contributed by atoms with E-state index in [1.807, 2.05) is 36.4 Å². The average molecular weight is 598 g/mol. The van der Waals surface area contributed by atoms with Crippen molar-refractivity contribution < 1.29 is 19.1 Å². The Hall–Kier alpha value is -3.84. The van der Waals surface area contributed by atoms with Gasteiger partial charge in [0.15, 0.2) is 11.5 Å². The Morgan fingerprint density at radius 3 is 2.27 bits per heavy atom. The molecule has 234 valence electrons. The maximum atomic E-state index is 14.0. The van der Waals surface area contributed by atoms with Crippen LogP contribution in [0.4, 0.5) is 5.69 Å². The number of carbonyl (C=O) groups excluding carboxylic acids is 2. The number of anilines is 1. The van der Waals surface area contributed by atoms with Gasteiger partial charge < -0.3 is 24.6 Å². The number of likely N-dealkylation sites (tertiary alicyclic amines) is 1. The van der Waals surface area contributed by atoms with Gasteiger partial charge in [-0.2, -0.15) is 0 Å². The fraction of sp³-hybridized carbons (Fsp3) is 0.459. The molecule has 0 unspecified atom stereocenters. The molecular weight excluding hydrogens is 550 g/mol. The van der Waals surface area contributed by atoms with Crippen LogP contribution < -0.4 is 14.8 Å². The summed E-state index contributed by atoms with van der Waals surface area (Å²) in [6, 6.07) is 21.4. The average Bonchev–Trinajstić information content (AvgIpc) is 3.51. The number of unbranched alkanes of at least 4 members (excludes halogenated alkanes) is 2. The van der Waals surface area contributed by atoms with Gasteiger partial charge in [-0.05, 0) is 92.1 Å². The van der Waals surface area contributed by atoms with E-state index in [1.165, 1.54) is 31.2 Å². The van der Waals surface area contributed by atoms with Crippen molar-refractivity contribution in [3.05, 3.63) is 89.0 Å². The molecule has 1 fully saturated rings. The van der Waals surface area contributed by atoms with E-state index in [0.29, 0.717) is 35.2 Å². The van der Waals surface area contributed by atoms with E-state index in [-0.39, 0.29) is 24.6 Å². The van der Waals surface area contributed by atoms with Crippen LogP contribution >= 0.6 is 0 Å². The first-order chi connectivity index (χ1) is 21.4. The minimum Gasteiger partial charge on any atom is -0.454 e. The standard InChI is InChI=1S/C37H47N3O4/c1-4-5-6-7-28-8-14-31(15-9-28)37(42)40(33-19-22-39(23-20-33)21-18-27(2)3)25-29-10-12-30(13-11-29)36(41)38-32-16-17-34-35(24-32)44-26-43-34/h8-17,24,27,33H,4-7,18-23,25-26H2,1-3H3,(H,38,41). The highest BCUT2D eigenvalue weighted by Crippen LogP contribution is 2.34. The Balaban J connectivity index is 1.26. The molecule has 2 aliphatic rings. The lowest BCUT2D eigenvalue weighted by Crippen LogP contribution is -2.47. The Labute approximate surface area is 262 Å². The molecule has 0 aromatic heterocycles. The van der Waals surface area contributed by atoms with Crippen molar-refractivity contribution >= 4 is 17.5 Å². The summed E-state index contributed by atoms with van der Waals surface area (Å²) in [5.41, 5.74) is 4.25. The lowest BCUT2D eigenvalue weighted by molar-refractivity contribution is 0.0546. The third-order valence-electron chi connectivity index (χ3n) is 8.75. The number of nitrogens with one attached hydrogen (secondary N) is 1. The first kappa shape index (κ1) is 31.6. The van der Waals surface area contributed by atoms with E-state index < -0.39 is 0 Å². The van der Waals surface area contributed by atoms with E-state index >= 15 is 0 Å². The normalized spacial score (nSPS) is 15.0. The monoisotopic (exact) mass is 597 g/mol. The molecule has 0 spiro atoms. The molecule has 7 heteroatoms. The second-order valence-corrected chi connectivity index (χ2v) is 12.6. The molecule has 44 heavy (non-hydrogen) atoms. The van der Waals surface area contributed by atoms with Gasteiger partial charge in [0.1, 0.15) is 0 Å². The van der Waals surface area contributed by atoms with Crippen LogP contribution in [-0.4, -0.2) is 54.1 Å². The molecule has 2 aliphatic heterocycles. The van der Waals surface area contributed by atoms with Crippen LogP contribution in [0.3, 0.4) is 0 Å². The van der Waals surface area contributed by atoms with E-state index in [4.69, 9.17) is 9.47 Å². The molecule has 0 aliphatic carbocycles. The summed E-state index contributed by atoms with van der Waals surface area (Å²) in [6.45, 7) is 10.6. The fourth-order valence-electron chi connectivity index (χ4n) is 5.96. The number of nitrogens with zero attached hydrogens (tertiary/aromatic N) is 2. The van der Waals surface area contributed by atoms with Crippen molar-refractivity contribution in [2.45, 2.75) is 78.3 Å². The van der Waals surface area contributed by atoms with Gasteiger partial charge in [0.05, 0.1) is 0 Å². The largest absolute Gasteiger partial charge is 0.454 e. The Morgan fingerprint density at radius 1 is 0.886 bits per heavy atom. The summed E-state index contributed by atoms with van der Waals surface area (Å²) in [5.74, 6) is 1.87. The molecule has 5 rings (SSSR count). The fourth-order valence-corrected chi connectivity index (χ4v) is 5.96. The van der Waals surface area contributed by atoms with Crippen molar-refractivity contribution in [1.82, 2.24) is 9.80 Å². The molecule has 0 radical (unpaired) electrons. The van der Waals surface area contributed by atoms with E-state index in [0.717, 1.165) is 50.0 Å². The number of fused-ring (bicyclic) bond motifs is 1. The minimum atomic E-state index is -0.198. The molecule has 0 saturated carbocycles. The molecule has 0 atom stereocenters. The number of amides is 2. The number of hydrogen-bond acceptors (Lipinski definition) is 5. The number of rotatable bonds is 13. The van der Waals surface area contributed by atoms with Gasteiger partial charge in [0.2, 0.25) is 6.79 Å². The summed E-state index contributed by atoms with van der Waals surface area (Å²) in [7, 11) is 0. The Morgan fingerprint density at radius 2 is 1.57 bits per heavy atom. The highest BCUT2D eigenvalue weighted by Gasteiger charge is 2.29. The molecule has 1 saturated heterocycles. The van der Waals surface area contributed by atoms with Crippen molar-refractivity contribution in [1.29, 1.82) is 0 Å². The third-order valence-corrected chi connectivity index (χ3v) is 8.75. The van der Waals surface area contributed by atoms with Crippen LogP contribution in [0.15, 0.2) is 66.7 Å². The molecule has 2 amide bonds. The maximum Gasteiger partial charge on any atom is 0.255 e. The number of benzene rings is 3. The number of piperidine rings is 1. The van der Waals surface area contributed by atoms with Crippen molar-refractivity contribution in [3.8, 4) is 11.5 Å². The number of ether oxygens (including phenoxy) is 2. The summed E-state index contributed by atoms with van der Waals surface area (Å²) in [5, 5.41) is 2.94. The van der Waals surface area contributed by atoms with Crippen LogP contribution in [0.2, 0.25) is 0 Å². The SMILES string of the molecule is CCCCCc1ccc(C(=O)N(Cc2ccc(C(=O)Nc3ccc4c(c3)OCO4)cc2)C2CCN(CCC(C)C)CC2)cc1. The third kappa shape index (κ3) is 8.41. The van der Waals surface area contributed by atoms with E-state index in [2.05, 4.69) is 48.0 Å². The first-order valence-corrected chi connectivity index (χ1v) is 16.3. The highest BCUT2D eigenvalue weighted by molar-refractivity contribution is 6.04. The van der Waals surface area contributed by atoms with Gasteiger partial charge in [0.25, 0.3) is 11.8 Å². The molecule has 0 bridgehead atoms. The zero-order chi connectivity index (χ0) is 30.9. The topological polar surface area (TPSA) is 71.1 Å². The van der Waals surface area contributed by atoms with E-state index in [9.17, 15) is 9.59 Å². The molecule has 3 aromatic rings. The quantitative estimate of drug-likeness (QED) is 0.206. The molecule has 1 N–H and O–H groups in total. The predicted molar refractivity (Wildman–Crippen MR) is 175 cm³/mol. The molecule has 2 heterocycles. The maximum absolute atomic E-state index is 14.0. The van der Waals surface area contributed by atoms with Crippen molar-refractivity contribution in [2.24, 2.45) is 5.92 Å². The minimum absolute atomic E-state index is 0.0790. The zero-order valence-corrected chi connectivity index (χ0v) is 26.5. The molecule has 3 aromatic carbocycles. The lowest BCUT2D eigenvalue weighted by atomic mass is 9.99. The summed E-state index contributed by atoms with van der Waals surface area (Å²) < 4.78 is 10.8. The number of aryl methyl sites for hydroxylation is 1. The van der Waals surface area contributed by atoms with Gasteiger partial charge in [-0.3, -0.25) is 9.59 Å². The Kier molecular flexibility index (Phi) is 10.9. The summed E-state index contributed by atoms with van der Waals surface area (Å²) in [6.07, 6.45) is 7.79. The zero-order valence-electron chi connectivity index (χ0n) is 26.5. The number of hydrogen-bond donors (Lipinski definition) is 1. The van der Waals surface area contributed by atoms with E-state index in [1.54, 1.807) is 18.2 Å². The van der Waals surface area contributed by atoms with Crippen LogP contribution in [0.25, 0.3) is 0 Å². The van der Waals surface area contributed by atoms with Crippen LogP contribution in [-0.2, 0) is 13.0 Å². The molecule has 7 nitrogen and oxygen atoms in total. The smallest absolute Gasteiger partial charge is 0.255 e. The van der Waals surface area contributed by atoms with Gasteiger partial charge in [-0.15, -0.1) is 0 Å². The van der Waals surface area contributed by atoms with Gasteiger partial charge >= 0.3 is 0 Å². The summed E-state index contributed by atoms with van der Waals surface area (Å²) >= 11 is 0. The highest BCUT2D eigenvalue weighted by atomic mass is 16.7. The van der Waals surface area contributed by atoms with Crippen molar-refractivity contribution in [2.75, 3.05) is 31.7 Å². The van der Waals surface area contributed by atoms with Crippen LogP contribution in [0.5, 0.6) is 11.5 Å². The van der Waals surface area contributed by atoms with Crippen LogP contribution in [0.1, 0.15) is 91.1 Å². The van der Waals surface area contributed by atoms with Gasteiger partial charge in [0, 0.05) is 48.6 Å². The second kappa shape index (κ2) is 15.2. The van der Waals surface area contributed by atoms with Crippen molar-refractivity contribution in [3.63, 3.8) is 0 Å².